The summed E-state index contributed by atoms with van der Waals surface area (Å²) < 4.78 is 11.5. The van der Waals surface area contributed by atoms with Gasteiger partial charge in [0.05, 0.1) is 26.4 Å². The van der Waals surface area contributed by atoms with Crippen LogP contribution in [0.25, 0.3) is 0 Å². The summed E-state index contributed by atoms with van der Waals surface area (Å²) >= 11 is 0. The second-order valence-corrected chi connectivity index (χ2v) is 8.29. The van der Waals surface area contributed by atoms with Crippen LogP contribution in [0, 0.1) is 11.3 Å². The molecule has 1 aliphatic heterocycles. The van der Waals surface area contributed by atoms with Crippen LogP contribution in [0.3, 0.4) is 0 Å². The average molecular weight is 374 g/mol. The number of hydrogen-bond acceptors (Lipinski definition) is 6. The number of nitrogens with two attached hydrogens (primary N) is 1. The Kier molecular flexibility index (Phi) is 9.47. The summed E-state index contributed by atoms with van der Waals surface area (Å²) in [5.41, 5.74) is 8.52. The third-order valence-corrected chi connectivity index (χ3v) is 5.36. The summed E-state index contributed by atoms with van der Waals surface area (Å²) in [4.78, 5) is 5.97. The number of hydrazone groups is 1. The Balaban J connectivity index is 2.35. The first kappa shape index (κ1) is 23.3. The summed E-state index contributed by atoms with van der Waals surface area (Å²) in [5, 5.41) is 3.77. The van der Waals surface area contributed by atoms with Gasteiger partial charge in [0, 0.05) is 18.6 Å². The maximum Gasteiger partial charge on any atom is 0.176 e. The zero-order valence-electron chi connectivity index (χ0n) is 17.6. The minimum atomic E-state index is -0.726. The Morgan fingerprint density at radius 1 is 1.42 bits per heavy atom. The van der Waals surface area contributed by atoms with E-state index in [9.17, 15) is 0 Å². The molecule has 0 spiro atoms. The summed E-state index contributed by atoms with van der Waals surface area (Å²) in [5.74, 6) is 0.768. The van der Waals surface area contributed by atoms with Crippen LogP contribution in [-0.2, 0) is 14.3 Å². The highest BCUT2D eigenvalue weighted by molar-refractivity contribution is 5.21. The first-order valence-corrected chi connectivity index (χ1v) is 9.93. The molecule has 7 nitrogen and oxygen atoms in total. The minimum Gasteiger partial charge on any atom is -0.380 e. The number of hydroxylamine groups is 2. The van der Waals surface area contributed by atoms with Gasteiger partial charge < -0.3 is 9.47 Å². The van der Waals surface area contributed by atoms with Gasteiger partial charge in [-0.25, -0.2) is 0 Å². The van der Waals surface area contributed by atoms with Crippen molar-refractivity contribution in [2.75, 3.05) is 40.0 Å². The third kappa shape index (κ3) is 7.88. The molecule has 3 unspecified atom stereocenters. The molecule has 0 aromatic rings. The molecule has 0 saturated carbocycles. The van der Waals surface area contributed by atoms with Gasteiger partial charge in [-0.1, -0.05) is 31.9 Å². The van der Waals surface area contributed by atoms with Crippen molar-refractivity contribution in [1.82, 2.24) is 5.53 Å². The molecule has 1 aliphatic rings. The number of hydrogen-bond donors (Lipinski definition) is 2. The largest absolute Gasteiger partial charge is 0.380 e. The Bertz CT molecular complexity index is 416. The Morgan fingerprint density at radius 3 is 2.62 bits per heavy atom. The first-order chi connectivity index (χ1) is 12.2. The van der Waals surface area contributed by atoms with Crippen LogP contribution >= 0.6 is 0 Å². The molecule has 0 amide bonds. The molecule has 0 aromatic heterocycles. The lowest BCUT2D eigenvalue weighted by molar-refractivity contribution is -1.13. The SMILES string of the molecule is C=NN[N+](C)(CCCOCC1(CCC(C)CC)COC1)OC(C)(N)CC. The maximum atomic E-state index is 6.13. The second-order valence-electron chi connectivity index (χ2n) is 8.29. The number of nitrogens with one attached hydrogen (secondary N) is 1. The molecular formula is C19H41N4O3+. The van der Waals surface area contributed by atoms with Crippen molar-refractivity contribution in [3.8, 4) is 0 Å². The van der Waals surface area contributed by atoms with Crippen LogP contribution in [-0.4, -0.2) is 57.2 Å². The number of quaternary nitrogens is 1. The number of rotatable bonds is 15. The van der Waals surface area contributed by atoms with Crippen LogP contribution in [0.2, 0.25) is 0 Å². The molecule has 1 rings (SSSR count). The molecule has 3 atom stereocenters. The van der Waals surface area contributed by atoms with Crippen LogP contribution in [0.15, 0.2) is 5.10 Å². The number of ether oxygens (including phenoxy) is 2. The van der Waals surface area contributed by atoms with E-state index in [1.54, 1.807) is 0 Å². The molecule has 3 N–H and O–H groups in total. The lowest BCUT2D eigenvalue weighted by Gasteiger charge is -2.42. The van der Waals surface area contributed by atoms with Gasteiger partial charge in [0.2, 0.25) is 0 Å². The van der Waals surface area contributed by atoms with Crippen molar-refractivity contribution in [3.63, 3.8) is 0 Å². The van der Waals surface area contributed by atoms with Gasteiger partial charge in [-0.05, 0) is 32.1 Å². The zero-order valence-corrected chi connectivity index (χ0v) is 17.6. The van der Waals surface area contributed by atoms with Gasteiger partial charge in [0.15, 0.2) is 5.72 Å². The molecule has 154 valence electrons. The minimum absolute atomic E-state index is 0.0793. The van der Waals surface area contributed by atoms with E-state index in [2.05, 4.69) is 31.2 Å². The van der Waals surface area contributed by atoms with E-state index in [1.807, 2.05) is 20.9 Å². The average Bonchev–Trinajstić information content (AvgIpc) is 2.55. The predicted octanol–water partition coefficient (Wildman–Crippen LogP) is 2.82. The van der Waals surface area contributed by atoms with E-state index in [-0.39, 0.29) is 10.2 Å². The van der Waals surface area contributed by atoms with Gasteiger partial charge in [0.25, 0.3) is 0 Å². The van der Waals surface area contributed by atoms with Crippen molar-refractivity contribution in [3.05, 3.63) is 0 Å². The van der Waals surface area contributed by atoms with Crippen molar-refractivity contribution < 1.29 is 19.1 Å². The predicted molar refractivity (Wildman–Crippen MR) is 105 cm³/mol. The lowest BCUT2D eigenvalue weighted by atomic mass is 9.80. The van der Waals surface area contributed by atoms with Crippen molar-refractivity contribution in [1.29, 1.82) is 0 Å². The third-order valence-electron chi connectivity index (χ3n) is 5.36. The Hall–Kier alpha value is -0.730. The van der Waals surface area contributed by atoms with E-state index in [0.29, 0.717) is 19.6 Å². The molecule has 1 fully saturated rings. The highest BCUT2D eigenvalue weighted by atomic mass is 16.8. The van der Waals surface area contributed by atoms with Crippen LogP contribution < -0.4 is 11.3 Å². The van der Waals surface area contributed by atoms with Crippen molar-refractivity contribution in [2.24, 2.45) is 22.2 Å². The fraction of sp³-hybridized carbons (Fsp3) is 0.947. The summed E-state index contributed by atoms with van der Waals surface area (Å²) in [6.07, 6.45) is 5.20. The van der Waals surface area contributed by atoms with Gasteiger partial charge in [-0.15, -0.1) is 10.6 Å². The molecule has 1 heterocycles. The molecule has 26 heavy (non-hydrogen) atoms. The quantitative estimate of drug-likeness (QED) is 0.152. The van der Waals surface area contributed by atoms with E-state index < -0.39 is 5.72 Å². The molecule has 1 saturated heterocycles. The Labute approximate surface area is 159 Å². The molecule has 0 aliphatic carbocycles. The second kappa shape index (κ2) is 10.6. The fourth-order valence-corrected chi connectivity index (χ4v) is 2.99. The normalized spacial score (nSPS) is 21.9. The van der Waals surface area contributed by atoms with Crippen molar-refractivity contribution >= 4 is 6.72 Å². The fourth-order valence-electron chi connectivity index (χ4n) is 2.99. The van der Waals surface area contributed by atoms with Gasteiger partial charge >= 0.3 is 0 Å². The maximum absolute atomic E-state index is 6.13. The summed E-state index contributed by atoms with van der Waals surface area (Å²) in [6, 6.07) is 0. The first-order valence-electron chi connectivity index (χ1n) is 9.93. The van der Waals surface area contributed by atoms with Crippen LogP contribution in [0.5, 0.6) is 0 Å². The molecule has 0 bridgehead atoms. The topological polar surface area (TPSA) is 78.1 Å². The van der Waals surface area contributed by atoms with E-state index in [4.69, 9.17) is 20.0 Å². The van der Waals surface area contributed by atoms with Gasteiger partial charge in [-0.2, -0.15) is 4.84 Å². The molecule has 0 radical (unpaired) electrons. The van der Waals surface area contributed by atoms with E-state index >= 15 is 0 Å². The van der Waals surface area contributed by atoms with E-state index in [1.165, 1.54) is 19.3 Å². The van der Waals surface area contributed by atoms with Gasteiger partial charge in [-0.3, -0.25) is 5.73 Å². The van der Waals surface area contributed by atoms with Gasteiger partial charge in [0.1, 0.15) is 13.6 Å². The highest BCUT2D eigenvalue weighted by Gasteiger charge is 2.39. The summed E-state index contributed by atoms with van der Waals surface area (Å²) in [6.45, 7) is 15.7. The van der Waals surface area contributed by atoms with E-state index in [0.717, 1.165) is 32.2 Å². The lowest BCUT2D eigenvalue weighted by Crippen LogP contribution is -2.60. The number of nitrogens with zero attached hydrogens (tertiary/aromatic N) is 2. The van der Waals surface area contributed by atoms with Crippen molar-refractivity contribution in [2.45, 2.75) is 65.5 Å². The summed E-state index contributed by atoms with van der Waals surface area (Å²) in [7, 11) is 1.89. The zero-order chi connectivity index (χ0) is 19.7. The molecular weight excluding hydrogens is 332 g/mol. The van der Waals surface area contributed by atoms with Crippen LogP contribution in [0.1, 0.15) is 59.8 Å². The molecule has 7 heteroatoms. The highest BCUT2D eigenvalue weighted by Crippen LogP contribution is 2.35. The monoisotopic (exact) mass is 373 g/mol. The van der Waals surface area contributed by atoms with Crippen LogP contribution in [0.4, 0.5) is 0 Å². The smallest absolute Gasteiger partial charge is 0.176 e. The molecule has 0 aromatic carbocycles. The standard InChI is InChI=1S/C19H41N4O3/c1-7-17(3)10-11-19(15-25-16-19)14-24-13-9-12-23(6,22-21-5)26-18(4,20)8-2/h17,22H,5,7-16,20H2,1-4,6H3/q+1. The Morgan fingerprint density at radius 2 is 2.12 bits per heavy atom.